The molecule has 1 aromatic carbocycles. The van der Waals surface area contributed by atoms with Crippen molar-refractivity contribution in [2.75, 3.05) is 4.72 Å². The Labute approximate surface area is 117 Å². The molecule has 0 unspecified atom stereocenters. The molecule has 1 heterocycles. The monoisotopic (exact) mass is 347 g/mol. The molecular formula is C11H10BrNO3S2. The van der Waals surface area contributed by atoms with E-state index in [1.54, 1.807) is 35.7 Å². The minimum Gasteiger partial charge on any atom is -0.392 e. The van der Waals surface area contributed by atoms with Crippen LogP contribution in [-0.4, -0.2) is 13.5 Å². The van der Waals surface area contributed by atoms with Crippen molar-refractivity contribution in [3.05, 3.63) is 45.7 Å². The van der Waals surface area contributed by atoms with Crippen LogP contribution in [-0.2, 0) is 16.6 Å². The summed E-state index contributed by atoms with van der Waals surface area (Å²) >= 11 is 4.33. The molecule has 2 aromatic rings. The number of aliphatic hydroxyl groups is 1. The fourth-order valence-electron chi connectivity index (χ4n) is 1.41. The van der Waals surface area contributed by atoms with Crippen molar-refractivity contribution in [1.29, 1.82) is 0 Å². The van der Waals surface area contributed by atoms with E-state index in [0.717, 1.165) is 11.3 Å². The quantitative estimate of drug-likeness (QED) is 0.893. The second-order valence-corrected chi connectivity index (χ2v) is 7.17. The standard InChI is InChI=1S/C11H10BrNO3S2/c12-10-4-5-17-11(10)18(15,16)13-9-3-1-2-8(6-9)7-14/h1-6,13-14H,7H2. The van der Waals surface area contributed by atoms with Gasteiger partial charge in [0.25, 0.3) is 10.0 Å². The predicted octanol–water partition coefficient (Wildman–Crippen LogP) is 2.80. The molecule has 4 nitrogen and oxygen atoms in total. The molecule has 1 aromatic heterocycles. The molecule has 0 saturated heterocycles. The molecule has 0 aliphatic rings. The molecule has 0 aliphatic carbocycles. The van der Waals surface area contributed by atoms with Crippen molar-refractivity contribution in [2.45, 2.75) is 10.8 Å². The molecule has 0 bridgehead atoms. The van der Waals surface area contributed by atoms with E-state index in [1.807, 2.05) is 0 Å². The number of benzene rings is 1. The SMILES string of the molecule is O=S(=O)(Nc1cccc(CO)c1)c1sccc1Br. The van der Waals surface area contributed by atoms with E-state index in [1.165, 1.54) is 0 Å². The molecule has 0 aliphatic heterocycles. The van der Waals surface area contributed by atoms with Gasteiger partial charge in [-0.2, -0.15) is 0 Å². The summed E-state index contributed by atoms with van der Waals surface area (Å²) in [5.74, 6) is 0. The smallest absolute Gasteiger partial charge is 0.272 e. The van der Waals surface area contributed by atoms with Crippen LogP contribution >= 0.6 is 27.3 Å². The summed E-state index contributed by atoms with van der Waals surface area (Å²) < 4.78 is 27.4. The van der Waals surface area contributed by atoms with E-state index in [9.17, 15) is 8.42 Å². The Balaban J connectivity index is 2.31. The van der Waals surface area contributed by atoms with Gasteiger partial charge in [-0.15, -0.1) is 11.3 Å². The van der Waals surface area contributed by atoms with Crippen LogP contribution in [0.4, 0.5) is 5.69 Å². The van der Waals surface area contributed by atoms with Crippen LogP contribution < -0.4 is 4.72 Å². The summed E-state index contributed by atoms with van der Waals surface area (Å²) in [6.45, 7) is -0.127. The number of aliphatic hydroxyl groups excluding tert-OH is 1. The Morgan fingerprint density at radius 3 is 2.72 bits per heavy atom. The van der Waals surface area contributed by atoms with E-state index in [0.29, 0.717) is 15.7 Å². The minimum atomic E-state index is -3.59. The van der Waals surface area contributed by atoms with Gasteiger partial charge >= 0.3 is 0 Å². The molecule has 96 valence electrons. The fraction of sp³-hybridized carbons (Fsp3) is 0.0909. The number of hydrogen-bond acceptors (Lipinski definition) is 4. The molecule has 7 heteroatoms. The van der Waals surface area contributed by atoms with Crippen molar-refractivity contribution < 1.29 is 13.5 Å². The zero-order valence-corrected chi connectivity index (χ0v) is 12.3. The number of halogens is 1. The third kappa shape index (κ3) is 2.92. The maximum Gasteiger partial charge on any atom is 0.272 e. The van der Waals surface area contributed by atoms with Gasteiger partial charge in [0.05, 0.1) is 6.61 Å². The summed E-state index contributed by atoms with van der Waals surface area (Å²) in [6, 6.07) is 8.33. The van der Waals surface area contributed by atoms with Crippen LogP contribution in [0.25, 0.3) is 0 Å². The molecule has 0 fully saturated rings. The first-order chi connectivity index (χ1) is 8.53. The lowest BCUT2D eigenvalue weighted by atomic mass is 10.2. The number of nitrogens with one attached hydrogen (secondary N) is 1. The lowest BCUT2D eigenvalue weighted by Gasteiger charge is -2.07. The van der Waals surface area contributed by atoms with E-state index in [4.69, 9.17) is 5.11 Å². The zero-order chi connectivity index (χ0) is 13.2. The summed E-state index contributed by atoms with van der Waals surface area (Å²) in [6.07, 6.45) is 0. The van der Waals surface area contributed by atoms with Crippen LogP contribution in [0.3, 0.4) is 0 Å². The van der Waals surface area contributed by atoms with Crippen molar-refractivity contribution in [3.8, 4) is 0 Å². The molecule has 0 amide bonds. The van der Waals surface area contributed by atoms with Gasteiger partial charge in [-0.25, -0.2) is 8.42 Å². The van der Waals surface area contributed by atoms with Gasteiger partial charge in [-0.3, -0.25) is 4.72 Å². The Kier molecular flexibility index (Phi) is 4.06. The minimum absolute atomic E-state index is 0.127. The summed E-state index contributed by atoms with van der Waals surface area (Å²) in [4.78, 5) is 0. The van der Waals surface area contributed by atoms with Crippen LogP contribution in [0.5, 0.6) is 0 Å². The summed E-state index contributed by atoms with van der Waals surface area (Å²) in [5.41, 5.74) is 1.09. The van der Waals surface area contributed by atoms with Gasteiger partial charge < -0.3 is 5.11 Å². The first-order valence-electron chi connectivity index (χ1n) is 4.98. The highest BCUT2D eigenvalue weighted by molar-refractivity contribution is 9.10. The maximum atomic E-state index is 12.1. The number of thiophene rings is 1. The molecule has 2 rings (SSSR count). The lowest BCUT2D eigenvalue weighted by molar-refractivity contribution is 0.282. The largest absolute Gasteiger partial charge is 0.392 e. The Morgan fingerprint density at radius 2 is 2.11 bits per heavy atom. The molecule has 0 radical (unpaired) electrons. The van der Waals surface area contributed by atoms with Gasteiger partial charge in [0.1, 0.15) is 0 Å². The predicted molar refractivity (Wildman–Crippen MR) is 75.2 cm³/mol. The first kappa shape index (κ1) is 13.5. The third-order valence-corrected chi connectivity index (χ3v) is 6.24. The average molecular weight is 348 g/mol. The second kappa shape index (κ2) is 5.40. The van der Waals surface area contributed by atoms with Crippen molar-refractivity contribution >= 4 is 43.0 Å². The Morgan fingerprint density at radius 1 is 1.33 bits per heavy atom. The van der Waals surface area contributed by atoms with Crippen LogP contribution in [0.15, 0.2) is 44.4 Å². The maximum absolute atomic E-state index is 12.1. The molecule has 18 heavy (non-hydrogen) atoms. The third-order valence-electron chi connectivity index (χ3n) is 2.19. The normalized spacial score (nSPS) is 11.4. The van der Waals surface area contributed by atoms with E-state index < -0.39 is 10.0 Å². The van der Waals surface area contributed by atoms with Gasteiger partial charge in [0, 0.05) is 10.2 Å². The average Bonchev–Trinajstić information content (AvgIpc) is 2.76. The van der Waals surface area contributed by atoms with Crippen LogP contribution in [0, 0.1) is 0 Å². The van der Waals surface area contributed by atoms with Gasteiger partial charge in [0.2, 0.25) is 0 Å². The van der Waals surface area contributed by atoms with Gasteiger partial charge in [0.15, 0.2) is 4.21 Å². The lowest BCUT2D eigenvalue weighted by Crippen LogP contribution is -2.12. The van der Waals surface area contributed by atoms with E-state index in [2.05, 4.69) is 20.7 Å². The zero-order valence-electron chi connectivity index (χ0n) is 9.13. The van der Waals surface area contributed by atoms with Crippen molar-refractivity contribution in [3.63, 3.8) is 0 Å². The molecular weight excluding hydrogens is 338 g/mol. The van der Waals surface area contributed by atoms with E-state index in [-0.39, 0.29) is 10.8 Å². The molecule has 0 saturated carbocycles. The molecule has 0 spiro atoms. The first-order valence-corrected chi connectivity index (χ1v) is 8.14. The van der Waals surface area contributed by atoms with Gasteiger partial charge in [-0.1, -0.05) is 12.1 Å². The number of anilines is 1. The fourth-order valence-corrected chi connectivity index (χ4v) is 4.79. The number of rotatable bonds is 4. The van der Waals surface area contributed by atoms with Crippen molar-refractivity contribution in [2.24, 2.45) is 0 Å². The summed E-state index contributed by atoms with van der Waals surface area (Å²) in [5, 5.41) is 10.7. The molecule has 0 atom stereocenters. The Bertz CT molecular complexity index is 652. The van der Waals surface area contributed by atoms with Crippen molar-refractivity contribution in [1.82, 2.24) is 0 Å². The molecule has 2 N–H and O–H groups in total. The van der Waals surface area contributed by atoms with E-state index >= 15 is 0 Å². The highest BCUT2D eigenvalue weighted by Gasteiger charge is 2.19. The topological polar surface area (TPSA) is 66.4 Å². The number of sulfonamides is 1. The van der Waals surface area contributed by atoms with Crippen LogP contribution in [0.2, 0.25) is 0 Å². The highest BCUT2D eigenvalue weighted by atomic mass is 79.9. The van der Waals surface area contributed by atoms with Crippen LogP contribution in [0.1, 0.15) is 5.56 Å². The number of hydrogen-bond donors (Lipinski definition) is 2. The highest BCUT2D eigenvalue weighted by Crippen LogP contribution is 2.29. The second-order valence-electron chi connectivity index (χ2n) is 3.52. The summed E-state index contributed by atoms with van der Waals surface area (Å²) in [7, 11) is -3.59. The van der Waals surface area contributed by atoms with Gasteiger partial charge in [-0.05, 0) is 45.1 Å². The Hall–Kier alpha value is -0.890.